The second-order valence-electron chi connectivity index (χ2n) is 3.24. The van der Waals surface area contributed by atoms with Crippen LogP contribution in [-0.2, 0) is 4.79 Å². The average molecular weight is 157 g/mol. The third-order valence-corrected chi connectivity index (χ3v) is 3.26. The molecule has 10 heavy (non-hydrogen) atoms. The van der Waals surface area contributed by atoms with Gasteiger partial charge in [-0.3, -0.25) is 4.79 Å². The number of hydrogen-bond donors (Lipinski definition) is 0. The lowest BCUT2D eigenvalue weighted by atomic mass is 10.1. The van der Waals surface area contributed by atoms with Crippen molar-refractivity contribution in [2.75, 3.05) is 0 Å². The van der Waals surface area contributed by atoms with E-state index in [-0.39, 0.29) is 5.41 Å². The Bertz CT molecular complexity index is 213. The van der Waals surface area contributed by atoms with Crippen LogP contribution in [-0.4, -0.2) is 6.29 Å². The summed E-state index contributed by atoms with van der Waals surface area (Å²) < 4.78 is 0. The summed E-state index contributed by atoms with van der Waals surface area (Å²) in [6.45, 7) is 0. The van der Waals surface area contributed by atoms with Crippen LogP contribution in [0, 0.1) is 5.41 Å². The second-order valence-corrected chi connectivity index (χ2v) is 3.62. The Morgan fingerprint density at radius 2 is 2.10 bits per heavy atom. The van der Waals surface area contributed by atoms with Gasteiger partial charge in [-0.15, -0.1) is 0 Å². The molecule has 0 radical (unpaired) electrons. The van der Waals surface area contributed by atoms with Crippen LogP contribution < -0.4 is 0 Å². The Hall–Kier alpha value is -0.300. The lowest BCUT2D eigenvalue weighted by Crippen LogP contribution is -1.91. The van der Waals surface area contributed by atoms with Crippen LogP contribution in [0.1, 0.15) is 25.7 Å². The average Bonchev–Trinajstić information content (AvgIpc) is 2.63. The zero-order valence-corrected chi connectivity index (χ0v) is 6.45. The summed E-state index contributed by atoms with van der Waals surface area (Å²) in [6, 6.07) is 0. The second kappa shape index (κ2) is 1.85. The van der Waals surface area contributed by atoms with Gasteiger partial charge >= 0.3 is 0 Å². The van der Waals surface area contributed by atoms with E-state index in [1.54, 1.807) is 0 Å². The van der Waals surface area contributed by atoms with Crippen LogP contribution in [0.3, 0.4) is 0 Å². The highest BCUT2D eigenvalue weighted by Gasteiger charge is 2.49. The lowest BCUT2D eigenvalue weighted by molar-refractivity contribution is -0.105. The topological polar surface area (TPSA) is 17.1 Å². The van der Waals surface area contributed by atoms with Crippen molar-refractivity contribution < 1.29 is 4.79 Å². The summed E-state index contributed by atoms with van der Waals surface area (Å²) in [5, 5.41) is 0.863. The number of aldehydes is 1. The monoisotopic (exact) mass is 156 g/mol. The molecule has 1 spiro atoms. The van der Waals surface area contributed by atoms with E-state index in [1.165, 1.54) is 12.8 Å². The van der Waals surface area contributed by atoms with Crippen LogP contribution in [0.4, 0.5) is 0 Å². The van der Waals surface area contributed by atoms with Gasteiger partial charge in [0.15, 0.2) is 0 Å². The van der Waals surface area contributed by atoms with E-state index in [0.717, 1.165) is 29.7 Å². The molecule has 0 atom stereocenters. The molecule has 0 saturated heterocycles. The molecule has 1 nitrogen and oxygen atoms in total. The van der Waals surface area contributed by atoms with E-state index in [4.69, 9.17) is 11.6 Å². The fraction of sp³-hybridized carbons (Fsp3) is 0.625. The minimum atomic E-state index is 0.289. The molecule has 2 aliphatic carbocycles. The first kappa shape index (κ1) is 6.41. The third-order valence-electron chi connectivity index (χ3n) is 2.62. The van der Waals surface area contributed by atoms with Crippen molar-refractivity contribution in [1.29, 1.82) is 0 Å². The Morgan fingerprint density at radius 3 is 2.40 bits per heavy atom. The van der Waals surface area contributed by atoms with Crippen LogP contribution >= 0.6 is 11.6 Å². The van der Waals surface area contributed by atoms with Crippen LogP contribution in [0.5, 0.6) is 0 Å². The van der Waals surface area contributed by atoms with Crippen molar-refractivity contribution in [2.45, 2.75) is 25.7 Å². The molecule has 0 bridgehead atoms. The highest BCUT2D eigenvalue weighted by atomic mass is 35.5. The highest BCUT2D eigenvalue weighted by Crippen LogP contribution is 2.61. The van der Waals surface area contributed by atoms with Gasteiger partial charge in [-0.1, -0.05) is 11.6 Å². The fourth-order valence-corrected chi connectivity index (χ4v) is 2.09. The Morgan fingerprint density at radius 1 is 1.40 bits per heavy atom. The molecule has 1 saturated carbocycles. The molecular formula is C8H9ClO. The number of carbonyl (C=O) groups excluding carboxylic acids is 1. The molecule has 0 aromatic heterocycles. The molecule has 0 aromatic carbocycles. The standard InChI is InChI=1S/C8H9ClO/c9-7-6(5-10)1-2-8(7)3-4-8/h5H,1-4H2. The SMILES string of the molecule is O=CC1=C(Cl)C2(CC1)CC2. The van der Waals surface area contributed by atoms with Gasteiger partial charge in [0.1, 0.15) is 6.29 Å². The van der Waals surface area contributed by atoms with E-state index in [1.807, 2.05) is 0 Å². The maximum absolute atomic E-state index is 10.4. The number of rotatable bonds is 1. The number of carbonyl (C=O) groups is 1. The van der Waals surface area contributed by atoms with Gasteiger partial charge in [0.05, 0.1) is 0 Å². The first-order valence-electron chi connectivity index (χ1n) is 3.63. The largest absolute Gasteiger partial charge is 0.298 e. The van der Waals surface area contributed by atoms with E-state index in [9.17, 15) is 4.79 Å². The van der Waals surface area contributed by atoms with Crippen molar-refractivity contribution in [3.8, 4) is 0 Å². The summed E-state index contributed by atoms with van der Waals surface area (Å²) in [6.07, 6.45) is 5.32. The lowest BCUT2D eigenvalue weighted by Gasteiger charge is -2.02. The molecule has 0 unspecified atom stereocenters. The van der Waals surface area contributed by atoms with Crippen LogP contribution in [0.25, 0.3) is 0 Å². The minimum absolute atomic E-state index is 0.289. The summed E-state index contributed by atoms with van der Waals surface area (Å²) in [4.78, 5) is 10.4. The van der Waals surface area contributed by atoms with E-state index in [2.05, 4.69) is 0 Å². The van der Waals surface area contributed by atoms with Gasteiger partial charge in [0.2, 0.25) is 0 Å². The smallest absolute Gasteiger partial charge is 0.147 e. The zero-order chi connectivity index (χ0) is 7.19. The number of allylic oxidation sites excluding steroid dienone is 2. The highest BCUT2D eigenvalue weighted by molar-refractivity contribution is 6.32. The Labute approximate surface area is 65.1 Å². The minimum Gasteiger partial charge on any atom is -0.298 e. The molecular weight excluding hydrogens is 148 g/mol. The first-order valence-corrected chi connectivity index (χ1v) is 4.01. The first-order chi connectivity index (χ1) is 4.78. The van der Waals surface area contributed by atoms with Gasteiger partial charge in [-0.2, -0.15) is 0 Å². The molecule has 0 aliphatic heterocycles. The van der Waals surface area contributed by atoms with Gasteiger partial charge in [0.25, 0.3) is 0 Å². The molecule has 0 aromatic rings. The van der Waals surface area contributed by atoms with Gasteiger partial charge in [0, 0.05) is 16.0 Å². The van der Waals surface area contributed by atoms with Gasteiger partial charge in [-0.05, 0) is 25.7 Å². The normalized spacial score (nSPS) is 27.7. The van der Waals surface area contributed by atoms with Crippen molar-refractivity contribution in [3.05, 3.63) is 10.6 Å². The third kappa shape index (κ3) is 0.671. The van der Waals surface area contributed by atoms with E-state index < -0.39 is 0 Å². The van der Waals surface area contributed by atoms with E-state index in [0.29, 0.717) is 0 Å². The Balaban J connectivity index is 2.33. The summed E-state index contributed by atoms with van der Waals surface area (Å²) in [5.41, 5.74) is 1.14. The van der Waals surface area contributed by atoms with Crippen molar-refractivity contribution >= 4 is 17.9 Å². The number of hydrogen-bond acceptors (Lipinski definition) is 1. The maximum Gasteiger partial charge on any atom is 0.147 e. The van der Waals surface area contributed by atoms with Crippen LogP contribution in [0.15, 0.2) is 10.6 Å². The van der Waals surface area contributed by atoms with Gasteiger partial charge < -0.3 is 0 Å². The predicted octanol–water partition coefficient (Wildman–Crippen LogP) is 2.25. The van der Waals surface area contributed by atoms with Crippen molar-refractivity contribution in [2.24, 2.45) is 5.41 Å². The van der Waals surface area contributed by atoms with Gasteiger partial charge in [-0.25, -0.2) is 0 Å². The molecule has 0 heterocycles. The molecule has 1 fully saturated rings. The van der Waals surface area contributed by atoms with E-state index >= 15 is 0 Å². The Kier molecular flexibility index (Phi) is 1.19. The van der Waals surface area contributed by atoms with Crippen molar-refractivity contribution in [3.63, 3.8) is 0 Å². The quantitative estimate of drug-likeness (QED) is 0.533. The van der Waals surface area contributed by atoms with Crippen molar-refractivity contribution in [1.82, 2.24) is 0 Å². The molecule has 0 N–H and O–H groups in total. The molecule has 0 amide bonds. The predicted molar refractivity (Wildman–Crippen MR) is 39.8 cm³/mol. The molecule has 2 heteroatoms. The summed E-state index contributed by atoms with van der Waals surface area (Å²) in [7, 11) is 0. The molecule has 54 valence electrons. The summed E-state index contributed by atoms with van der Waals surface area (Å²) >= 11 is 5.98. The number of halogens is 1. The molecule has 2 aliphatic rings. The summed E-state index contributed by atoms with van der Waals surface area (Å²) in [5.74, 6) is 0. The van der Waals surface area contributed by atoms with Crippen LogP contribution in [0.2, 0.25) is 0 Å². The molecule has 2 rings (SSSR count). The fourth-order valence-electron chi connectivity index (χ4n) is 1.67. The maximum atomic E-state index is 10.4. The zero-order valence-electron chi connectivity index (χ0n) is 5.69.